The number of amides is 3. The molecule has 1 aliphatic rings. The van der Waals surface area contributed by atoms with Gasteiger partial charge in [-0.2, -0.15) is 0 Å². The predicted molar refractivity (Wildman–Crippen MR) is 103 cm³/mol. The van der Waals surface area contributed by atoms with Gasteiger partial charge in [0.2, 0.25) is 5.91 Å². The van der Waals surface area contributed by atoms with Gasteiger partial charge in [-0.05, 0) is 39.3 Å². The molecule has 0 spiro atoms. The average molecular weight is 408 g/mol. The van der Waals surface area contributed by atoms with Crippen molar-refractivity contribution >= 4 is 40.4 Å². The third kappa shape index (κ3) is 4.72. The lowest BCUT2D eigenvalue weighted by Crippen LogP contribution is -2.45. The Kier molecular flexibility index (Phi) is 5.46. The number of hydrogen-bond acceptors (Lipinski definition) is 5. The Bertz CT molecular complexity index is 920. The fourth-order valence-electron chi connectivity index (χ4n) is 2.88. The highest BCUT2D eigenvalue weighted by Crippen LogP contribution is 2.20. The first-order chi connectivity index (χ1) is 13.1. The number of ether oxygens (including phenoxy) is 1. The van der Waals surface area contributed by atoms with Crippen molar-refractivity contribution < 1.29 is 19.1 Å². The summed E-state index contributed by atoms with van der Waals surface area (Å²) in [4.78, 5) is 45.0. The summed E-state index contributed by atoms with van der Waals surface area (Å²) >= 11 is 5.83. The molecule has 0 radical (unpaired) electrons. The number of carbonyl (C=O) groups excluding carboxylic acids is 3. The summed E-state index contributed by atoms with van der Waals surface area (Å²) in [5.74, 6) is -1.28. The molecule has 3 amide bonds. The number of likely N-dealkylation sites (tertiary alicyclic amines) is 1. The summed E-state index contributed by atoms with van der Waals surface area (Å²) in [7, 11) is 0. The molecule has 3 N–H and O–H groups in total. The van der Waals surface area contributed by atoms with Crippen molar-refractivity contribution in [3.63, 3.8) is 0 Å². The second kappa shape index (κ2) is 7.67. The molecule has 1 aliphatic heterocycles. The molecule has 3 rings (SSSR count). The number of rotatable bonds is 2. The Morgan fingerprint density at radius 2 is 2.04 bits per heavy atom. The van der Waals surface area contributed by atoms with Gasteiger partial charge < -0.3 is 14.6 Å². The molecular formula is C18H22ClN5O4. The van der Waals surface area contributed by atoms with Gasteiger partial charge in [-0.1, -0.05) is 11.6 Å². The summed E-state index contributed by atoms with van der Waals surface area (Å²) in [6.45, 7) is 6.03. The van der Waals surface area contributed by atoms with E-state index in [0.29, 0.717) is 23.6 Å². The van der Waals surface area contributed by atoms with E-state index in [1.165, 1.54) is 11.1 Å². The van der Waals surface area contributed by atoms with Crippen LogP contribution in [-0.4, -0.2) is 51.5 Å². The summed E-state index contributed by atoms with van der Waals surface area (Å²) in [5, 5.41) is 1.06. The van der Waals surface area contributed by atoms with Crippen molar-refractivity contribution in [3.8, 4) is 0 Å². The normalized spacial score (nSPS) is 16.9. The topological polar surface area (TPSA) is 116 Å². The fourth-order valence-corrected chi connectivity index (χ4v) is 3.05. The molecule has 0 bridgehead atoms. The highest BCUT2D eigenvalue weighted by molar-refractivity contribution is 6.30. The highest BCUT2D eigenvalue weighted by atomic mass is 35.5. The van der Waals surface area contributed by atoms with E-state index >= 15 is 0 Å². The number of H-pyrrole nitrogens is 1. The van der Waals surface area contributed by atoms with Crippen LogP contribution in [0.1, 0.15) is 37.7 Å². The number of nitrogens with zero attached hydrogens (tertiary/aromatic N) is 2. The van der Waals surface area contributed by atoms with Crippen molar-refractivity contribution in [1.29, 1.82) is 0 Å². The minimum absolute atomic E-state index is 0.243. The van der Waals surface area contributed by atoms with Crippen LogP contribution in [-0.2, 0) is 9.53 Å². The lowest BCUT2D eigenvalue weighted by Gasteiger charge is -2.24. The minimum Gasteiger partial charge on any atom is -0.444 e. The van der Waals surface area contributed by atoms with Crippen LogP contribution < -0.4 is 10.9 Å². The maximum Gasteiger partial charge on any atom is 0.410 e. The number of hydrazine groups is 1. The molecule has 9 nitrogen and oxygen atoms in total. The second-order valence-electron chi connectivity index (χ2n) is 7.63. The van der Waals surface area contributed by atoms with Gasteiger partial charge >= 0.3 is 6.09 Å². The van der Waals surface area contributed by atoms with Crippen LogP contribution >= 0.6 is 11.6 Å². The summed E-state index contributed by atoms with van der Waals surface area (Å²) in [6.07, 6.45) is 1.58. The standard InChI is InChI=1S/C18H22ClN5O4/c1-18(2,3)28-17(27)24-5-4-10(9-24)15(25)22-23-16(26)12-6-11-7-14(19)20-8-13(11)21-12/h6-8,10,21H,4-5,9H2,1-3H3,(H,22,25)(H,23,26)/t10-/m0/s1. The van der Waals surface area contributed by atoms with E-state index in [1.54, 1.807) is 32.9 Å². The molecule has 150 valence electrons. The van der Waals surface area contributed by atoms with Gasteiger partial charge in [0.15, 0.2) is 0 Å². The Morgan fingerprint density at radius 3 is 2.75 bits per heavy atom. The van der Waals surface area contributed by atoms with E-state index in [1.807, 2.05) is 0 Å². The van der Waals surface area contributed by atoms with Gasteiger partial charge in [0, 0.05) is 18.5 Å². The summed E-state index contributed by atoms with van der Waals surface area (Å²) in [6, 6.07) is 3.25. The van der Waals surface area contributed by atoms with Crippen molar-refractivity contribution in [2.75, 3.05) is 13.1 Å². The number of fused-ring (bicyclic) bond motifs is 1. The molecular weight excluding hydrogens is 386 g/mol. The fraction of sp³-hybridized carbons (Fsp3) is 0.444. The number of hydrogen-bond donors (Lipinski definition) is 3. The van der Waals surface area contributed by atoms with Crippen LogP contribution in [0.2, 0.25) is 5.15 Å². The zero-order valence-electron chi connectivity index (χ0n) is 15.8. The van der Waals surface area contributed by atoms with Gasteiger partial charge in [-0.25, -0.2) is 9.78 Å². The molecule has 0 unspecified atom stereocenters. The Balaban J connectivity index is 1.52. The number of aromatic amines is 1. The largest absolute Gasteiger partial charge is 0.444 e. The smallest absolute Gasteiger partial charge is 0.410 e. The first kappa shape index (κ1) is 19.9. The van der Waals surface area contributed by atoms with Crippen molar-refractivity contribution in [1.82, 2.24) is 25.7 Å². The number of aromatic nitrogens is 2. The van der Waals surface area contributed by atoms with E-state index in [9.17, 15) is 14.4 Å². The van der Waals surface area contributed by atoms with Crippen LogP contribution in [0.4, 0.5) is 4.79 Å². The lowest BCUT2D eigenvalue weighted by atomic mass is 10.1. The summed E-state index contributed by atoms with van der Waals surface area (Å²) < 4.78 is 5.31. The SMILES string of the molecule is CC(C)(C)OC(=O)N1CC[C@H](C(=O)NNC(=O)c2cc3cc(Cl)ncc3[nH]2)C1. The van der Waals surface area contributed by atoms with Crippen LogP contribution in [0.15, 0.2) is 18.3 Å². The maximum atomic E-state index is 12.3. The Labute approximate surface area is 166 Å². The molecule has 3 heterocycles. The summed E-state index contributed by atoms with van der Waals surface area (Å²) in [5.41, 5.74) is 5.11. The monoisotopic (exact) mass is 407 g/mol. The van der Waals surface area contributed by atoms with Crippen LogP contribution in [0.25, 0.3) is 10.9 Å². The molecule has 1 atom stereocenters. The van der Waals surface area contributed by atoms with Crippen molar-refractivity contribution in [2.45, 2.75) is 32.8 Å². The van der Waals surface area contributed by atoms with Gasteiger partial charge in [-0.3, -0.25) is 20.4 Å². The van der Waals surface area contributed by atoms with Crippen molar-refractivity contribution in [3.05, 3.63) is 29.2 Å². The zero-order chi connectivity index (χ0) is 20.5. The number of nitrogens with one attached hydrogen (secondary N) is 3. The van der Waals surface area contributed by atoms with Crippen LogP contribution in [0.5, 0.6) is 0 Å². The Morgan fingerprint density at radius 1 is 1.29 bits per heavy atom. The molecule has 0 aromatic carbocycles. The molecule has 10 heteroatoms. The maximum absolute atomic E-state index is 12.3. The molecule has 0 saturated carbocycles. The molecule has 0 aliphatic carbocycles. The van der Waals surface area contributed by atoms with Crippen molar-refractivity contribution in [2.24, 2.45) is 5.92 Å². The van der Waals surface area contributed by atoms with E-state index < -0.39 is 23.5 Å². The Hall–Kier alpha value is -2.81. The van der Waals surface area contributed by atoms with E-state index in [4.69, 9.17) is 16.3 Å². The first-order valence-electron chi connectivity index (χ1n) is 8.85. The first-order valence-corrected chi connectivity index (χ1v) is 9.22. The zero-order valence-corrected chi connectivity index (χ0v) is 16.6. The number of pyridine rings is 1. The van der Waals surface area contributed by atoms with Gasteiger partial charge in [-0.15, -0.1) is 0 Å². The quantitative estimate of drug-likeness (QED) is 0.521. The predicted octanol–water partition coefficient (Wildman–Crippen LogP) is 2.23. The van der Waals surface area contributed by atoms with Gasteiger partial charge in [0.25, 0.3) is 5.91 Å². The number of halogens is 1. The molecule has 28 heavy (non-hydrogen) atoms. The molecule has 1 fully saturated rings. The lowest BCUT2D eigenvalue weighted by molar-refractivity contribution is -0.125. The van der Waals surface area contributed by atoms with Gasteiger partial charge in [0.1, 0.15) is 16.4 Å². The third-order valence-electron chi connectivity index (χ3n) is 4.23. The van der Waals surface area contributed by atoms with Crippen LogP contribution in [0.3, 0.4) is 0 Å². The number of carbonyl (C=O) groups is 3. The van der Waals surface area contributed by atoms with Gasteiger partial charge in [0.05, 0.1) is 17.6 Å². The average Bonchev–Trinajstić information content (AvgIpc) is 3.24. The van der Waals surface area contributed by atoms with Crippen LogP contribution in [0, 0.1) is 5.92 Å². The molecule has 2 aromatic heterocycles. The second-order valence-corrected chi connectivity index (χ2v) is 8.02. The molecule has 1 saturated heterocycles. The third-order valence-corrected chi connectivity index (χ3v) is 4.43. The van der Waals surface area contributed by atoms with E-state index in [2.05, 4.69) is 20.8 Å². The van der Waals surface area contributed by atoms with E-state index in [0.717, 1.165) is 5.39 Å². The highest BCUT2D eigenvalue weighted by Gasteiger charge is 2.33. The minimum atomic E-state index is -0.593. The van der Waals surface area contributed by atoms with E-state index in [-0.39, 0.29) is 18.1 Å². The molecule has 2 aromatic rings.